The van der Waals surface area contributed by atoms with Crippen molar-refractivity contribution in [2.45, 2.75) is 5.41 Å². The molecule has 3 heterocycles. The minimum Gasteiger partial charge on any atom is -0.457 e. The third kappa shape index (κ3) is 3.35. The molecule has 0 saturated carbocycles. The molecule has 0 bridgehead atoms. The van der Waals surface area contributed by atoms with Crippen LogP contribution in [0.5, 0.6) is 11.5 Å². The highest BCUT2D eigenvalue weighted by atomic mass is 32.1. The van der Waals surface area contributed by atoms with Crippen molar-refractivity contribution in [1.29, 1.82) is 0 Å². The zero-order valence-electron chi connectivity index (χ0n) is 24.1. The van der Waals surface area contributed by atoms with Gasteiger partial charge in [0, 0.05) is 32.3 Å². The quantitative estimate of drug-likeness (QED) is 0.200. The predicted molar refractivity (Wildman–Crippen MR) is 183 cm³/mol. The van der Waals surface area contributed by atoms with Crippen molar-refractivity contribution in [2.75, 3.05) is 0 Å². The SMILES string of the molecule is c1ccc(-c2nc(-c3ccc4c(c3)-c3ccccc3C43c4ccccc4Oc4ccccc43)c3sc4ccccc4c3n2)cc1. The van der Waals surface area contributed by atoms with Crippen molar-refractivity contribution in [3.8, 4) is 45.3 Å². The van der Waals surface area contributed by atoms with Crippen LogP contribution >= 0.6 is 11.3 Å². The van der Waals surface area contributed by atoms with E-state index in [0.29, 0.717) is 0 Å². The minimum absolute atomic E-state index is 0.482. The molecule has 6 aromatic carbocycles. The lowest BCUT2D eigenvalue weighted by molar-refractivity contribution is 0.436. The van der Waals surface area contributed by atoms with E-state index in [1.54, 1.807) is 11.3 Å². The fourth-order valence-electron chi connectivity index (χ4n) is 7.51. The van der Waals surface area contributed by atoms with Crippen LogP contribution in [0.15, 0.2) is 146 Å². The van der Waals surface area contributed by atoms with Gasteiger partial charge < -0.3 is 4.74 Å². The summed E-state index contributed by atoms with van der Waals surface area (Å²) in [6, 6.07) is 51.6. The topological polar surface area (TPSA) is 35.0 Å². The number of hydrogen-bond donors (Lipinski definition) is 0. The van der Waals surface area contributed by atoms with Gasteiger partial charge in [0.05, 0.1) is 21.3 Å². The second-order valence-electron chi connectivity index (χ2n) is 11.7. The summed E-state index contributed by atoms with van der Waals surface area (Å²) in [4.78, 5) is 10.4. The lowest BCUT2D eigenvalue weighted by atomic mass is 9.66. The Hall–Kier alpha value is -5.58. The van der Waals surface area contributed by atoms with E-state index in [4.69, 9.17) is 14.7 Å². The van der Waals surface area contributed by atoms with Crippen molar-refractivity contribution in [3.63, 3.8) is 0 Å². The largest absolute Gasteiger partial charge is 0.457 e. The van der Waals surface area contributed by atoms with Gasteiger partial charge in [0.2, 0.25) is 0 Å². The van der Waals surface area contributed by atoms with Crippen molar-refractivity contribution in [3.05, 3.63) is 168 Å². The number of para-hydroxylation sites is 2. The van der Waals surface area contributed by atoms with E-state index in [0.717, 1.165) is 44.4 Å². The molecule has 0 unspecified atom stereocenters. The molecule has 0 amide bonds. The maximum Gasteiger partial charge on any atom is 0.160 e. The molecular weight excluding hydrogens is 569 g/mol. The summed E-state index contributed by atoms with van der Waals surface area (Å²) in [6.45, 7) is 0. The molecule has 210 valence electrons. The number of nitrogens with zero attached hydrogens (tertiary/aromatic N) is 2. The Morgan fingerprint density at radius 3 is 1.96 bits per heavy atom. The van der Waals surface area contributed by atoms with Gasteiger partial charge in [-0.3, -0.25) is 0 Å². The lowest BCUT2D eigenvalue weighted by Gasteiger charge is -2.39. The maximum atomic E-state index is 6.50. The summed E-state index contributed by atoms with van der Waals surface area (Å²) in [5, 5.41) is 1.17. The maximum absolute atomic E-state index is 6.50. The second-order valence-corrected chi connectivity index (χ2v) is 12.7. The summed E-state index contributed by atoms with van der Waals surface area (Å²) >= 11 is 1.77. The zero-order chi connectivity index (χ0) is 29.5. The molecule has 1 aliphatic carbocycles. The molecule has 1 spiro atoms. The first-order valence-electron chi connectivity index (χ1n) is 15.2. The van der Waals surface area contributed by atoms with E-state index in [1.165, 1.54) is 43.5 Å². The minimum atomic E-state index is -0.482. The Balaban J connectivity index is 1.28. The van der Waals surface area contributed by atoms with E-state index in [9.17, 15) is 0 Å². The number of hydrogen-bond acceptors (Lipinski definition) is 4. The predicted octanol–water partition coefficient (Wildman–Crippen LogP) is 10.6. The van der Waals surface area contributed by atoms with E-state index >= 15 is 0 Å². The van der Waals surface area contributed by atoms with Crippen molar-refractivity contribution in [1.82, 2.24) is 9.97 Å². The summed E-state index contributed by atoms with van der Waals surface area (Å²) in [6.07, 6.45) is 0. The summed E-state index contributed by atoms with van der Waals surface area (Å²) in [7, 11) is 0. The van der Waals surface area contributed by atoms with Gasteiger partial charge in [-0.15, -0.1) is 11.3 Å². The molecule has 1 aliphatic heterocycles. The summed E-state index contributed by atoms with van der Waals surface area (Å²) in [5.41, 5.74) is 10.9. The average molecular weight is 593 g/mol. The highest BCUT2D eigenvalue weighted by Crippen LogP contribution is 2.62. The number of ether oxygens (including phenoxy) is 1. The third-order valence-electron chi connectivity index (χ3n) is 9.37. The van der Waals surface area contributed by atoms with Gasteiger partial charge in [0.25, 0.3) is 0 Å². The molecule has 0 atom stereocenters. The van der Waals surface area contributed by atoms with Crippen molar-refractivity contribution < 1.29 is 4.74 Å². The number of thiophene rings is 1. The number of rotatable bonds is 2. The Labute approximate surface area is 264 Å². The summed E-state index contributed by atoms with van der Waals surface area (Å²) < 4.78 is 8.83. The van der Waals surface area contributed by atoms with Gasteiger partial charge in [-0.1, -0.05) is 121 Å². The van der Waals surface area contributed by atoms with Crippen LogP contribution in [0.1, 0.15) is 22.3 Å². The molecule has 0 saturated heterocycles. The van der Waals surface area contributed by atoms with Crippen LogP contribution < -0.4 is 4.74 Å². The van der Waals surface area contributed by atoms with Gasteiger partial charge in [0.15, 0.2) is 5.82 Å². The lowest BCUT2D eigenvalue weighted by Crippen LogP contribution is -2.32. The zero-order valence-corrected chi connectivity index (χ0v) is 24.9. The standard InChI is InChI=1S/C41H24N2OS/c1-2-12-25(13-3-1)40-42-37(39-38(43-40)28-15-5-11-21-36(28)45-39)26-22-23-31-29(24-26)27-14-4-6-16-30(27)41(31)32-17-7-9-19-34(32)44-35-20-10-8-18-33(35)41/h1-24H. The van der Waals surface area contributed by atoms with Crippen molar-refractivity contribution >= 4 is 31.6 Å². The fourth-order valence-corrected chi connectivity index (χ4v) is 8.66. The Morgan fingerprint density at radius 2 is 1.16 bits per heavy atom. The van der Waals surface area contributed by atoms with Crippen LogP contribution in [0.25, 0.3) is 54.1 Å². The fraction of sp³-hybridized carbons (Fsp3) is 0.0244. The van der Waals surface area contributed by atoms with E-state index < -0.39 is 5.41 Å². The molecule has 10 rings (SSSR count). The van der Waals surface area contributed by atoms with Crippen LogP contribution in [0.2, 0.25) is 0 Å². The Bertz CT molecular complexity index is 2430. The monoisotopic (exact) mass is 592 g/mol. The number of benzene rings is 6. The second kappa shape index (κ2) is 9.21. The van der Waals surface area contributed by atoms with E-state index in [-0.39, 0.29) is 0 Å². The molecule has 45 heavy (non-hydrogen) atoms. The molecule has 3 nitrogen and oxygen atoms in total. The summed E-state index contributed by atoms with van der Waals surface area (Å²) in [5.74, 6) is 2.54. The highest BCUT2D eigenvalue weighted by Gasteiger charge is 2.50. The van der Waals surface area contributed by atoms with E-state index in [1.807, 2.05) is 18.2 Å². The van der Waals surface area contributed by atoms with Crippen LogP contribution in [-0.4, -0.2) is 9.97 Å². The van der Waals surface area contributed by atoms with Gasteiger partial charge in [-0.2, -0.15) is 0 Å². The normalized spacial score (nSPS) is 13.7. The molecule has 0 N–H and O–H groups in total. The molecule has 8 aromatic rings. The smallest absolute Gasteiger partial charge is 0.160 e. The van der Waals surface area contributed by atoms with Gasteiger partial charge in [0.1, 0.15) is 11.5 Å². The van der Waals surface area contributed by atoms with Crippen LogP contribution in [0.3, 0.4) is 0 Å². The molecule has 2 aromatic heterocycles. The first kappa shape index (κ1) is 24.8. The molecule has 4 heteroatoms. The number of aromatic nitrogens is 2. The Kier molecular flexibility index (Phi) is 5.08. The number of fused-ring (bicyclic) bond motifs is 12. The highest BCUT2D eigenvalue weighted by molar-refractivity contribution is 7.26. The first-order chi connectivity index (χ1) is 22.3. The molecule has 0 fully saturated rings. The first-order valence-corrected chi connectivity index (χ1v) is 16.0. The van der Waals surface area contributed by atoms with Gasteiger partial charge >= 0.3 is 0 Å². The molecule has 0 radical (unpaired) electrons. The average Bonchev–Trinajstić information content (AvgIpc) is 3.62. The van der Waals surface area contributed by atoms with E-state index in [2.05, 4.69) is 127 Å². The van der Waals surface area contributed by atoms with Crippen LogP contribution in [0.4, 0.5) is 0 Å². The van der Waals surface area contributed by atoms with Crippen molar-refractivity contribution in [2.24, 2.45) is 0 Å². The van der Waals surface area contributed by atoms with Gasteiger partial charge in [-0.05, 0) is 46.5 Å². The molecular formula is C41H24N2OS. The van der Waals surface area contributed by atoms with Crippen LogP contribution in [0, 0.1) is 0 Å². The third-order valence-corrected chi connectivity index (χ3v) is 10.5. The van der Waals surface area contributed by atoms with Crippen LogP contribution in [-0.2, 0) is 5.41 Å². The molecule has 2 aliphatic rings. The Morgan fingerprint density at radius 1 is 0.511 bits per heavy atom. The van der Waals surface area contributed by atoms with Gasteiger partial charge in [-0.25, -0.2) is 9.97 Å².